The van der Waals surface area contributed by atoms with Gasteiger partial charge in [-0.25, -0.2) is 9.36 Å². The van der Waals surface area contributed by atoms with E-state index in [1.165, 1.54) is 0 Å². The van der Waals surface area contributed by atoms with Crippen LogP contribution in [0.1, 0.15) is 0 Å². The van der Waals surface area contributed by atoms with Crippen LogP contribution in [0.2, 0.25) is 5.15 Å². The summed E-state index contributed by atoms with van der Waals surface area (Å²) in [6, 6.07) is 10.5. The van der Waals surface area contributed by atoms with Crippen molar-refractivity contribution in [2.45, 2.75) is 0 Å². The lowest BCUT2D eigenvalue weighted by Crippen LogP contribution is -2.35. The van der Waals surface area contributed by atoms with Crippen LogP contribution in [-0.2, 0) is 0 Å². The number of rotatable bonds is 1. The molecule has 0 bridgehead atoms. The molecule has 0 aliphatic rings. The van der Waals surface area contributed by atoms with Crippen molar-refractivity contribution in [1.29, 1.82) is 0 Å². The summed E-state index contributed by atoms with van der Waals surface area (Å²) < 4.78 is 15.2. The fourth-order valence-electron chi connectivity index (χ4n) is 2.07. The Morgan fingerprint density at radius 1 is 1.10 bits per heavy atom. The molecule has 21 heavy (non-hydrogen) atoms. The summed E-state index contributed by atoms with van der Waals surface area (Å²) in [4.78, 5) is 25.8. The minimum absolute atomic E-state index is 0.270. The molecule has 0 aliphatic carbocycles. The second-order valence-corrected chi connectivity index (χ2v) is 5.67. The molecule has 4 nitrogen and oxygen atoms in total. The summed E-state index contributed by atoms with van der Waals surface area (Å²) >= 11 is 8.80. The Morgan fingerprint density at radius 3 is 2.52 bits per heavy atom. The molecule has 7 heteroatoms. The minimum Gasteiger partial charge on any atom is -0.295 e. The molecule has 0 unspecified atom stereocenters. The van der Waals surface area contributed by atoms with Gasteiger partial charge in [0.15, 0.2) is 5.15 Å². The highest BCUT2D eigenvalue weighted by molar-refractivity contribution is 9.10. The van der Waals surface area contributed by atoms with Crippen molar-refractivity contribution in [2.75, 3.05) is 0 Å². The number of H-pyrrole nitrogens is 1. The second kappa shape index (κ2) is 5.13. The van der Waals surface area contributed by atoms with Crippen LogP contribution in [0.4, 0.5) is 4.39 Å². The maximum absolute atomic E-state index is 13.6. The van der Waals surface area contributed by atoms with E-state index in [0.717, 1.165) is 15.2 Å². The molecule has 1 aromatic heterocycles. The Balaban J connectivity index is 2.31. The van der Waals surface area contributed by atoms with Gasteiger partial charge in [-0.05, 0) is 35.0 Å². The number of hydrogen-bond donors (Lipinski definition) is 1. The first-order valence-electron chi connectivity index (χ1n) is 5.87. The van der Waals surface area contributed by atoms with E-state index in [2.05, 4.69) is 20.9 Å². The van der Waals surface area contributed by atoms with Gasteiger partial charge in [0.05, 0.1) is 5.69 Å². The van der Waals surface area contributed by atoms with E-state index in [0.29, 0.717) is 4.57 Å². The zero-order valence-electron chi connectivity index (χ0n) is 10.4. The third-order valence-corrected chi connectivity index (χ3v) is 3.80. The fraction of sp³-hybridized carbons (Fsp3) is 0. The van der Waals surface area contributed by atoms with Crippen molar-refractivity contribution in [3.63, 3.8) is 0 Å². The van der Waals surface area contributed by atoms with Gasteiger partial charge in [-0.15, -0.1) is 0 Å². The molecule has 0 spiro atoms. The molecule has 0 amide bonds. The molecule has 0 radical (unpaired) electrons. The van der Waals surface area contributed by atoms with Crippen molar-refractivity contribution in [3.05, 3.63) is 72.7 Å². The minimum atomic E-state index is -1.19. The van der Waals surface area contributed by atoms with Gasteiger partial charge in [0.1, 0.15) is 0 Å². The van der Waals surface area contributed by atoms with E-state index in [9.17, 15) is 14.0 Å². The molecule has 1 heterocycles. The van der Waals surface area contributed by atoms with E-state index in [-0.39, 0.29) is 5.69 Å². The van der Waals surface area contributed by atoms with Crippen LogP contribution < -0.4 is 11.2 Å². The molecule has 0 atom stereocenters. The van der Waals surface area contributed by atoms with Gasteiger partial charge >= 0.3 is 5.69 Å². The molecule has 0 saturated heterocycles. The summed E-state index contributed by atoms with van der Waals surface area (Å²) in [7, 11) is 0. The average molecular weight is 370 g/mol. The second-order valence-electron chi connectivity index (χ2n) is 4.37. The summed E-state index contributed by atoms with van der Waals surface area (Å²) in [5.74, 6) is -1.19. The third-order valence-electron chi connectivity index (χ3n) is 3.05. The smallest absolute Gasteiger partial charge is 0.295 e. The first-order chi connectivity index (χ1) is 9.97. The molecule has 3 aromatic rings. The molecule has 1 N–H and O–H groups in total. The van der Waals surface area contributed by atoms with Crippen LogP contribution in [0.5, 0.6) is 0 Å². The average Bonchev–Trinajstić information content (AvgIpc) is 2.45. The van der Waals surface area contributed by atoms with Crippen LogP contribution in [0, 0.1) is 5.82 Å². The predicted molar refractivity (Wildman–Crippen MR) is 82.8 cm³/mol. The number of nitrogens with zero attached hydrogens (tertiary/aromatic N) is 1. The van der Waals surface area contributed by atoms with Gasteiger partial charge in [0.25, 0.3) is 5.56 Å². The Bertz CT molecular complexity index is 981. The van der Waals surface area contributed by atoms with E-state index in [4.69, 9.17) is 11.6 Å². The lowest BCUT2D eigenvalue weighted by molar-refractivity contribution is 0.584. The van der Waals surface area contributed by atoms with Gasteiger partial charge in [-0.1, -0.05) is 39.7 Å². The number of fused-ring (bicyclic) bond motifs is 1. The lowest BCUT2D eigenvalue weighted by Gasteiger charge is -2.07. The number of halogens is 3. The number of hydrogen-bond acceptors (Lipinski definition) is 2. The van der Waals surface area contributed by atoms with Crippen molar-refractivity contribution < 1.29 is 4.39 Å². The SMILES string of the molecule is O=c1[nH]c(Cl)c(F)c(=O)n1-c1ccc2cc(Br)ccc2c1. The van der Waals surface area contributed by atoms with Gasteiger partial charge in [-0.3, -0.25) is 9.78 Å². The van der Waals surface area contributed by atoms with Crippen molar-refractivity contribution >= 4 is 38.3 Å². The van der Waals surface area contributed by atoms with Crippen molar-refractivity contribution in [2.24, 2.45) is 0 Å². The molecule has 0 aliphatic heterocycles. The van der Waals surface area contributed by atoms with Crippen molar-refractivity contribution in [1.82, 2.24) is 9.55 Å². The van der Waals surface area contributed by atoms with Gasteiger partial charge in [0.2, 0.25) is 5.82 Å². The summed E-state index contributed by atoms with van der Waals surface area (Å²) in [5.41, 5.74) is -1.60. The molecule has 3 rings (SSSR count). The first kappa shape index (κ1) is 14.0. The van der Waals surface area contributed by atoms with Crippen LogP contribution in [0.25, 0.3) is 16.5 Å². The Kier molecular flexibility index (Phi) is 3.43. The van der Waals surface area contributed by atoms with Crippen LogP contribution in [0.15, 0.2) is 50.5 Å². The van der Waals surface area contributed by atoms with Crippen molar-refractivity contribution in [3.8, 4) is 5.69 Å². The monoisotopic (exact) mass is 368 g/mol. The molecular formula is C14H7BrClFN2O2. The largest absolute Gasteiger partial charge is 0.334 e. The molecule has 2 aromatic carbocycles. The van der Waals surface area contributed by atoms with E-state index in [1.54, 1.807) is 18.2 Å². The predicted octanol–water partition coefficient (Wildman–Crippen LogP) is 3.23. The quantitative estimate of drug-likeness (QED) is 0.670. The summed E-state index contributed by atoms with van der Waals surface area (Å²) in [5, 5.41) is 1.15. The zero-order valence-corrected chi connectivity index (χ0v) is 12.7. The summed E-state index contributed by atoms with van der Waals surface area (Å²) in [6.45, 7) is 0. The molecule has 0 saturated carbocycles. The van der Waals surface area contributed by atoms with Crippen LogP contribution in [0.3, 0.4) is 0 Å². The van der Waals surface area contributed by atoms with Crippen LogP contribution in [-0.4, -0.2) is 9.55 Å². The Labute approximate surface area is 130 Å². The zero-order chi connectivity index (χ0) is 15.1. The Morgan fingerprint density at radius 2 is 1.76 bits per heavy atom. The lowest BCUT2D eigenvalue weighted by atomic mass is 10.1. The number of nitrogens with one attached hydrogen (secondary N) is 1. The number of aromatic nitrogens is 2. The maximum atomic E-state index is 13.6. The standard InChI is InChI=1S/C14H7BrClFN2O2/c15-9-3-1-8-6-10(4-2-7(8)5-9)19-13(20)11(17)12(16)18-14(19)21/h1-6H,(H,18,21). The number of aromatic amines is 1. The van der Waals surface area contributed by atoms with Gasteiger partial charge in [0, 0.05) is 4.47 Å². The van der Waals surface area contributed by atoms with Gasteiger partial charge in [-0.2, -0.15) is 4.39 Å². The highest BCUT2D eigenvalue weighted by Gasteiger charge is 2.13. The summed E-state index contributed by atoms with van der Waals surface area (Å²) in [6.07, 6.45) is 0. The Hall–Kier alpha value is -1.92. The highest BCUT2D eigenvalue weighted by Crippen LogP contribution is 2.21. The normalized spacial score (nSPS) is 11.0. The van der Waals surface area contributed by atoms with Crippen LogP contribution >= 0.6 is 27.5 Å². The van der Waals surface area contributed by atoms with Gasteiger partial charge < -0.3 is 0 Å². The fourth-order valence-corrected chi connectivity index (χ4v) is 2.61. The highest BCUT2D eigenvalue weighted by atomic mass is 79.9. The van der Waals surface area contributed by atoms with E-state index in [1.807, 2.05) is 18.2 Å². The molecular weight excluding hydrogens is 363 g/mol. The third kappa shape index (κ3) is 2.41. The first-order valence-corrected chi connectivity index (χ1v) is 7.04. The topological polar surface area (TPSA) is 54.9 Å². The maximum Gasteiger partial charge on any atom is 0.334 e. The van der Waals surface area contributed by atoms with E-state index < -0.39 is 22.2 Å². The number of benzene rings is 2. The van der Waals surface area contributed by atoms with E-state index >= 15 is 0 Å². The molecule has 0 fully saturated rings. The molecule has 106 valence electrons.